The fourth-order valence-corrected chi connectivity index (χ4v) is 2.54. The quantitative estimate of drug-likeness (QED) is 0.920. The van der Waals surface area contributed by atoms with Gasteiger partial charge in [0.15, 0.2) is 0 Å². The third-order valence-corrected chi connectivity index (χ3v) is 3.24. The van der Waals surface area contributed by atoms with Crippen molar-refractivity contribution in [2.75, 3.05) is 12.8 Å². The maximum absolute atomic E-state index is 6.25. The Morgan fingerprint density at radius 2 is 1.89 bits per heavy atom. The molecule has 0 aliphatic carbocycles. The number of aryl methyl sites for hydroxylation is 3. The average Bonchev–Trinajstić information content (AvgIpc) is 2.75. The van der Waals surface area contributed by atoms with E-state index in [0.29, 0.717) is 11.7 Å². The monoisotopic (exact) mass is 263 g/mol. The molecule has 0 atom stereocenters. The van der Waals surface area contributed by atoms with Crippen LogP contribution in [0.2, 0.25) is 0 Å². The first kappa shape index (κ1) is 13.5. The summed E-state index contributed by atoms with van der Waals surface area (Å²) >= 11 is 0. The van der Waals surface area contributed by atoms with Crippen molar-refractivity contribution in [2.45, 2.75) is 33.7 Å². The van der Waals surface area contributed by atoms with E-state index in [0.717, 1.165) is 22.8 Å². The van der Waals surface area contributed by atoms with Crippen LogP contribution in [0.5, 0.6) is 5.88 Å². The first-order chi connectivity index (χ1) is 8.88. The molecule has 0 bridgehead atoms. The number of anilines is 1. The number of imidazole rings is 1. The van der Waals surface area contributed by atoms with Gasteiger partial charge in [-0.1, -0.05) is 0 Å². The van der Waals surface area contributed by atoms with Gasteiger partial charge in [-0.25, -0.2) is 9.67 Å². The standard InChI is InChI=1S/C13H21N5O/c1-7(2)18-9(4)15-11(12(18)14)10-8(3)16-17(5)13(10)19-6/h7H,14H2,1-6H3. The SMILES string of the molecule is COc1c(-c2nc(C)n(C(C)C)c2N)c(C)nn1C. The first-order valence-electron chi connectivity index (χ1n) is 6.30. The molecule has 0 spiro atoms. The van der Waals surface area contributed by atoms with Crippen molar-refractivity contribution < 1.29 is 4.74 Å². The van der Waals surface area contributed by atoms with Crippen LogP contribution in [0.15, 0.2) is 0 Å². The maximum Gasteiger partial charge on any atom is 0.221 e. The lowest BCUT2D eigenvalue weighted by Crippen LogP contribution is -2.07. The number of hydrogen-bond donors (Lipinski definition) is 1. The molecule has 0 aliphatic rings. The molecular weight excluding hydrogens is 242 g/mol. The van der Waals surface area contributed by atoms with E-state index in [1.807, 2.05) is 25.5 Å². The van der Waals surface area contributed by atoms with E-state index >= 15 is 0 Å². The number of hydrogen-bond acceptors (Lipinski definition) is 4. The molecule has 0 unspecified atom stereocenters. The predicted octanol–water partition coefficient (Wildman–Crippen LogP) is 2.07. The normalized spacial score (nSPS) is 11.3. The zero-order chi connectivity index (χ0) is 14.3. The molecule has 0 radical (unpaired) electrons. The van der Waals surface area contributed by atoms with E-state index in [1.165, 1.54) is 0 Å². The van der Waals surface area contributed by atoms with E-state index in [2.05, 4.69) is 23.9 Å². The van der Waals surface area contributed by atoms with Gasteiger partial charge < -0.3 is 15.0 Å². The average molecular weight is 263 g/mol. The van der Waals surface area contributed by atoms with Gasteiger partial charge in [0.2, 0.25) is 5.88 Å². The fraction of sp³-hybridized carbons (Fsp3) is 0.538. The van der Waals surface area contributed by atoms with Crippen molar-refractivity contribution in [2.24, 2.45) is 7.05 Å². The van der Waals surface area contributed by atoms with E-state index in [-0.39, 0.29) is 6.04 Å². The minimum Gasteiger partial charge on any atom is -0.481 e. The van der Waals surface area contributed by atoms with E-state index in [9.17, 15) is 0 Å². The summed E-state index contributed by atoms with van der Waals surface area (Å²) in [6.45, 7) is 8.06. The van der Waals surface area contributed by atoms with Gasteiger partial charge in [0.05, 0.1) is 18.4 Å². The van der Waals surface area contributed by atoms with Gasteiger partial charge >= 0.3 is 0 Å². The minimum atomic E-state index is 0.268. The molecule has 6 nitrogen and oxygen atoms in total. The highest BCUT2D eigenvalue weighted by atomic mass is 16.5. The zero-order valence-electron chi connectivity index (χ0n) is 12.4. The van der Waals surface area contributed by atoms with Crippen LogP contribution in [-0.2, 0) is 7.05 Å². The predicted molar refractivity (Wildman–Crippen MR) is 75.3 cm³/mol. The molecule has 0 amide bonds. The van der Waals surface area contributed by atoms with E-state index in [1.54, 1.807) is 11.8 Å². The van der Waals surface area contributed by atoms with Crippen molar-refractivity contribution in [3.8, 4) is 17.1 Å². The molecule has 6 heteroatoms. The number of nitrogens with zero attached hydrogens (tertiary/aromatic N) is 4. The number of aromatic nitrogens is 4. The second kappa shape index (κ2) is 4.60. The van der Waals surface area contributed by atoms with Crippen molar-refractivity contribution >= 4 is 5.82 Å². The van der Waals surface area contributed by atoms with Crippen molar-refractivity contribution in [1.82, 2.24) is 19.3 Å². The minimum absolute atomic E-state index is 0.268. The third kappa shape index (κ3) is 1.97. The number of nitrogen functional groups attached to an aromatic ring is 1. The lowest BCUT2D eigenvalue weighted by molar-refractivity contribution is 0.374. The molecule has 2 heterocycles. The molecule has 2 aromatic rings. The second-order valence-electron chi connectivity index (χ2n) is 4.95. The molecule has 2 rings (SSSR count). The first-order valence-corrected chi connectivity index (χ1v) is 6.30. The van der Waals surface area contributed by atoms with Crippen LogP contribution in [0.25, 0.3) is 11.3 Å². The molecule has 19 heavy (non-hydrogen) atoms. The summed E-state index contributed by atoms with van der Waals surface area (Å²) in [6.07, 6.45) is 0. The summed E-state index contributed by atoms with van der Waals surface area (Å²) in [7, 11) is 3.47. The van der Waals surface area contributed by atoms with Crippen LogP contribution in [0.1, 0.15) is 31.4 Å². The Labute approximate surface area is 113 Å². The van der Waals surface area contributed by atoms with Crippen LogP contribution in [0, 0.1) is 13.8 Å². The lowest BCUT2D eigenvalue weighted by atomic mass is 10.2. The van der Waals surface area contributed by atoms with Gasteiger partial charge in [-0.3, -0.25) is 0 Å². The number of ether oxygens (including phenoxy) is 1. The van der Waals surface area contributed by atoms with E-state index < -0.39 is 0 Å². The summed E-state index contributed by atoms with van der Waals surface area (Å²) in [5.74, 6) is 2.23. The molecule has 0 saturated carbocycles. The molecule has 104 valence electrons. The highest BCUT2D eigenvalue weighted by molar-refractivity contribution is 5.77. The Morgan fingerprint density at radius 1 is 1.26 bits per heavy atom. The summed E-state index contributed by atoms with van der Waals surface area (Å²) in [6, 6.07) is 0.268. The topological polar surface area (TPSA) is 70.9 Å². The number of rotatable bonds is 3. The van der Waals surface area contributed by atoms with Gasteiger partial charge in [-0.05, 0) is 27.7 Å². The van der Waals surface area contributed by atoms with Gasteiger partial charge in [-0.15, -0.1) is 0 Å². The number of nitrogens with two attached hydrogens (primary N) is 1. The number of methoxy groups -OCH3 is 1. The Hall–Kier alpha value is -1.98. The Balaban J connectivity index is 2.70. The van der Waals surface area contributed by atoms with Gasteiger partial charge in [0.25, 0.3) is 0 Å². The molecule has 0 aliphatic heterocycles. The Kier molecular flexibility index (Phi) is 3.26. The summed E-state index contributed by atoms with van der Waals surface area (Å²) in [4.78, 5) is 4.59. The molecular formula is C13H21N5O. The third-order valence-electron chi connectivity index (χ3n) is 3.24. The van der Waals surface area contributed by atoms with E-state index in [4.69, 9.17) is 10.5 Å². The van der Waals surface area contributed by atoms with Crippen molar-refractivity contribution in [3.63, 3.8) is 0 Å². The molecule has 0 aromatic carbocycles. The molecule has 2 aromatic heterocycles. The van der Waals surface area contributed by atoms with Gasteiger partial charge in [-0.2, -0.15) is 5.10 Å². The zero-order valence-corrected chi connectivity index (χ0v) is 12.4. The van der Waals surface area contributed by atoms with Crippen LogP contribution >= 0.6 is 0 Å². The summed E-state index contributed by atoms with van der Waals surface area (Å²) in [5, 5.41) is 4.37. The lowest BCUT2D eigenvalue weighted by Gasteiger charge is -2.11. The summed E-state index contributed by atoms with van der Waals surface area (Å²) in [5.41, 5.74) is 8.72. The Bertz CT molecular complexity index is 609. The molecule has 2 N–H and O–H groups in total. The van der Waals surface area contributed by atoms with Crippen LogP contribution in [0.3, 0.4) is 0 Å². The van der Waals surface area contributed by atoms with Crippen molar-refractivity contribution in [1.29, 1.82) is 0 Å². The highest BCUT2D eigenvalue weighted by Crippen LogP contribution is 2.36. The van der Waals surface area contributed by atoms with Gasteiger partial charge in [0.1, 0.15) is 17.3 Å². The Morgan fingerprint density at radius 3 is 2.37 bits per heavy atom. The largest absolute Gasteiger partial charge is 0.481 e. The molecule has 0 fully saturated rings. The van der Waals surface area contributed by atoms with Crippen LogP contribution in [-0.4, -0.2) is 26.4 Å². The second-order valence-corrected chi connectivity index (χ2v) is 4.95. The smallest absolute Gasteiger partial charge is 0.221 e. The van der Waals surface area contributed by atoms with Crippen LogP contribution in [0.4, 0.5) is 5.82 Å². The molecule has 0 saturated heterocycles. The van der Waals surface area contributed by atoms with Gasteiger partial charge in [0, 0.05) is 13.1 Å². The van der Waals surface area contributed by atoms with Crippen LogP contribution < -0.4 is 10.5 Å². The summed E-state index contributed by atoms with van der Waals surface area (Å²) < 4.78 is 9.13. The maximum atomic E-state index is 6.25. The fourth-order valence-electron chi connectivity index (χ4n) is 2.54. The highest BCUT2D eigenvalue weighted by Gasteiger charge is 2.23. The van der Waals surface area contributed by atoms with Crippen molar-refractivity contribution in [3.05, 3.63) is 11.5 Å².